The zero-order chi connectivity index (χ0) is 16.1. The number of nitrogens with one attached hydrogen (secondary N) is 1. The second kappa shape index (κ2) is 7.12. The summed E-state index contributed by atoms with van der Waals surface area (Å²) in [5, 5.41) is 3.01. The van der Waals surface area contributed by atoms with Crippen LogP contribution in [0.1, 0.15) is 32.6 Å². The molecule has 3 nitrogen and oxygen atoms in total. The number of amides is 1. The van der Waals surface area contributed by atoms with Crippen LogP contribution in [-0.4, -0.2) is 19.6 Å². The molecule has 0 unspecified atom stereocenters. The Morgan fingerprint density at radius 3 is 2.18 bits per heavy atom. The number of ether oxygens (including phenoxy) is 1. The molecule has 0 bridgehead atoms. The monoisotopic (exact) mass is 297 g/mol. The SMILES string of the molecule is COc1ccc(CCNC(=O)c2c(C)cc(C)cc2C)cc1. The van der Waals surface area contributed by atoms with Gasteiger partial charge in [0.15, 0.2) is 0 Å². The fraction of sp³-hybridized carbons (Fsp3) is 0.316. The third-order valence-corrected chi connectivity index (χ3v) is 3.76. The number of hydrogen-bond donors (Lipinski definition) is 1. The van der Waals surface area contributed by atoms with Crippen molar-refractivity contribution in [3.05, 3.63) is 64.2 Å². The van der Waals surface area contributed by atoms with Crippen LogP contribution in [0.5, 0.6) is 5.75 Å². The average Bonchev–Trinajstić information content (AvgIpc) is 2.47. The minimum atomic E-state index is 0.00325. The highest BCUT2D eigenvalue weighted by Gasteiger charge is 2.12. The van der Waals surface area contributed by atoms with Gasteiger partial charge in [-0.05, 0) is 56.0 Å². The molecular weight excluding hydrogens is 274 g/mol. The molecule has 0 saturated carbocycles. The largest absolute Gasteiger partial charge is 0.497 e. The molecule has 2 aromatic rings. The van der Waals surface area contributed by atoms with E-state index in [-0.39, 0.29) is 5.91 Å². The standard InChI is InChI=1S/C19H23NO2/c1-13-11-14(2)18(15(3)12-13)19(21)20-10-9-16-5-7-17(22-4)8-6-16/h5-8,11-12H,9-10H2,1-4H3,(H,20,21). The molecule has 0 aliphatic heterocycles. The minimum absolute atomic E-state index is 0.00325. The van der Waals surface area contributed by atoms with E-state index in [2.05, 4.69) is 5.32 Å². The second-order valence-electron chi connectivity index (χ2n) is 5.63. The molecule has 0 spiro atoms. The number of carbonyl (C=O) groups excluding carboxylic acids is 1. The van der Waals surface area contributed by atoms with E-state index < -0.39 is 0 Å². The Morgan fingerprint density at radius 2 is 1.64 bits per heavy atom. The number of hydrogen-bond acceptors (Lipinski definition) is 2. The third kappa shape index (κ3) is 3.88. The zero-order valence-electron chi connectivity index (χ0n) is 13.7. The van der Waals surface area contributed by atoms with Gasteiger partial charge in [0, 0.05) is 12.1 Å². The Labute approximate surface area is 132 Å². The van der Waals surface area contributed by atoms with Crippen LogP contribution < -0.4 is 10.1 Å². The first-order chi connectivity index (χ1) is 10.5. The predicted molar refractivity (Wildman–Crippen MR) is 89.7 cm³/mol. The second-order valence-corrected chi connectivity index (χ2v) is 5.63. The maximum absolute atomic E-state index is 12.4. The first-order valence-corrected chi connectivity index (χ1v) is 7.50. The van der Waals surface area contributed by atoms with E-state index in [1.54, 1.807) is 7.11 Å². The molecule has 1 amide bonds. The van der Waals surface area contributed by atoms with Crippen molar-refractivity contribution in [2.24, 2.45) is 0 Å². The molecule has 0 aromatic heterocycles. The van der Waals surface area contributed by atoms with Gasteiger partial charge in [-0.2, -0.15) is 0 Å². The summed E-state index contributed by atoms with van der Waals surface area (Å²) in [7, 11) is 1.65. The van der Waals surface area contributed by atoms with Crippen LogP contribution >= 0.6 is 0 Å². The first kappa shape index (κ1) is 16.1. The zero-order valence-corrected chi connectivity index (χ0v) is 13.7. The topological polar surface area (TPSA) is 38.3 Å². The molecule has 22 heavy (non-hydrogen) atoms. The van der Waals surface area contributed by atoms with Crippen LogP contribution in [0.2, 0.25) is 0 Å². The fourth-order valence-corrected chi connectivity index (χ4v) is 2.74. The predicted octanol–water partition coefficient (Wildman–Crippen LogP) is 3.59. The number of rotatable bonds is 5. The van der Waals surface area contributed by atoms with E-state index in [0.717, 1.165) is 28.9 Å². The number of aryl methyl sites for hydroxylation is 3. The van der Waals surface area contributed by atoms with Gasteiger partial charge < -0.3 is 10.1 Å². The first-order valence-electron chi connectivity index (χ1n) is 7.50. The van der Waals surface area contributed by atoms with Crippen molar-refractivity contribution in [2.45, 2.75) is 27.2 Å². The molecule has 0 saturated heterocycles. The lowest BCUT2D eigenvalue weighted by Crippen LogP contribution is -2.27. The molecule has 0 radical (unpaired) electrons. The summed E-state index contributed by atoms with van der Waals surface area (Å²) in [6.07, 6.45) is 0.805. The van der Waals surface area contributed by atoms with Crippen molar-refractivity contribution in [1.29, 1.82) is 0 Å². The van der Waals surface area contributed by atoms with Crippen molar-refractivity contribution in [3.63, 3.8) is 0 Å². The molecular formula is C19H23NO2. The smallest absolute Gasteiger partial charge is 0.251 e. The minimum Gasteiger partial charge on any atom is -0.497 e. The van der Waals surface area contributed by atoms with Crippen LogP contribution in [0.4, 0.5) is 0 Å². The van der Waals surface area contributed by atoms with Crippen molar-refractivity contribution in [1.82, 2.24) is 5.32 Å². The van der Waals surface area contributed by atoms with Gasteiger partial charge in [-0.15, -0.1) is 0 Å². The Morgan fingerprint density at radius 1 is 1.05 bits per heavy atom. The normalized spacial score (nSPS) is 10.4. The van der Waals surface area contributed by atoms with Crippen molar-refractivity contribution in [3.8, 4) is 5.75 Å². The Balaban J connectivity index is 1.95. The van der Waals surface area contributed by atoms with Crippen LogP contribution in [0, 0.1) is 20.8 Å². The lowest BCUT2D eigenvalue weighted by Gasteiger charge is -2.12. The molecule has 0 aliphatic rings. The summed E-state index contributed by atoms with van der Waals surface area (Å²) >= 11 is 0. The van der Waals surface area contributed by atoms with Gasteiger partial charge in [0.25, 0.3) is 5.91 Å². The number of carbonyl (C=O) groups is 1. The molecule has 0 atom stereocenters. The maximum Gasteiger partial charge on any atom is 0.251 e. The molecule has 0 heterocycles. The Bertz CT molecular complexity index is 637. The van der Waals surface area contributed by atoms with Gasteiger partial charge in [0.1, 0.15) is 5.75 Å². The molecule has 2 rings (SSSR count). The average molecular weight is 297 g/mol. The molecule has 0 fully saturated rings. The summed E-state index contributed by atoms with van der Waals surface area (Å²) in [4.78, 5) is 12.4. The quantitative estimate of drug-likeness (QED) is 0.916. The fourth-order valence-electron chi connectivity index (χ4n) is 2.74. The van der Waals surface area contributed by atoms with Gasteiger partial charge in [-0.25, -0.2) is 0 Å². The third-order valence-electron chi connectivity index (χ3n) is 3.76. The lowest BCUT2D eigenvalue weighted by molar-refractivity contribution is 0.0953. The van der Waals surface area contributed by atoms with E-state index in [0.29, 0.717) is 6.54 Å². The maximum atomic E-state index is 12.4. The number of benzene rings is 2. The summed E-state index contributed by atoms with van der Waals surface area (Å²) in [6.45, 7) is 6.64. The van der Waals surface area contributed by atoms with E-state index in [1.807, 2.05) is 57.2 Å². The molecule has 116 valence electrons. The van der Waals surface area contributed by atoms with Crippen molar-refractivity contribution >= 4 is 5.91 Å². The summed E-state index contributed by atoms with van der Waals surface area (Å²) in [6, 6.07) is 12.0. The van der Waals surface area contributed by atoms with E-state index >= 15 is 0 Å². The highest BCUT2D eigenvalue weighted by atomic mass is 16.5. The Kier molecular flexibility index (Phi) is 5.21. The van der Waals surface area contributed by atoms with Crippen LogP contribution in [-0.2, 0) is 6.42 Å². The summed E-state index contributed by atoms with van der Waals surface area (Å²) in [5.74, 6) is 0.849. The van der Waals surface area contributed by atoms with Gasteiger partial charge in [0.05, 0.1) is 7.11 Å². The van der Waals surface area contributed by atoms with Crippen molar-refractivity contribution < 1.29 is 9.53 Å². The van der Waals surface area contributed by atoms with E-state index in [1.165, 1.54) is 11.1 Å². The molecule has 1 N–H and O–H groups in total. The van der Waals surface area contributed by atoms with Gasteiger partial charge in [-0.1, -0.05) is 29.8 Å². The van der Waals surface area contributed by atoms with Crippen LogP contribution in [0.3, 0.4) is 0 Å². The molecule has 3 heteroatoms. The molecule has 0 aliphatic carbocycles. The van der Waals surface area contributed by atoms with Gasteiger partial charge in [-0.3, -0.25) is 4.79 Å². The summed E-state index contributed by atoms with van der Waals surface area (Å²) < 4.78 is 5.14. The van der Waals surface area contributed by atoms with E-state index in [9.17, 15) is 4.79 Å². The number of methoxy groups -OCH3 is 1. The van der Waals surface area contributed by atoms with Crippen LogP contribution in [0.15, 0.2) is 36.4 Å². The summed E-state index contributed by atoms with van der Waals surface area (Å²) in [5.41, 5.74) is 5.21. The van der Waals surface area contributed by atoms with E-state index in [4.69, 9.17) is 4.74 Å². The Hall–Kier alpha value is -2.29. The van der Waals surface area contributed by atoms with Crippen LogP contribution in [0.25, 0.3) is 0 Å². The van der Waals surface area contributed by atoms with Crippen molar-refractivity contribution in [2.75, 3.05) is 13.7 Å². The lowest BCUT2D eigenvalue weighted by atomic mass is 9.99. The highest BCUT2D eigenvalue weighted by molar-refractivity contribution is 5.97. The van der Waals surface area contributed by atoms with Gasteiger partial charge in [0.2, 0.25) is 0 Å². The highest BCUT2D eigenvalue weighted by Crippen LogP contribution is 2.16. The van der Waals surface area contributed by atoms with Gasteiger partial charge >= 0.3 is 0 Å². The molecule has 2 aromatic carbocycles.